The second-order valence-corrected chi connectivity index (χ2v) is 5.34. The molecular weight excluding hydrogens is 292 g/mol. The molecule has 0 amide bonds. The minimum Gasteiger partial charge on any atom is -0.288 e. The van der Waals surface area contributed by atoms with Crippen molar-refractivity contribution in [3.63, 3.8) is 0 Å². The summed E-state index contributed by atoms with van der Waals surface area (Å²) < 4.78 is 2.84. The molecule has 0 spiro atoms. The molecule has 0 fully saturated rings. The molecule has 0 aliphatic rings. The summed E-state index contributed by atoms with van der Waals surface area (Å²) in [7, 11) is 0. The van der Waals surface area contributed by atoms with Gasteiger partial charge in [-0.3, -0.25) is 4.57 Å². The SMILES string of the molecule is CCCc1nccn1-c1cc(Br)nc(C(C)C)n1. The molecule has 0 N–H and O–H groups in total. The van der Waals surface area contributed by atoms with Crippen LogP contribution in [0.5, 0.6) is 0 Å². The van der Waals surface area contributed by atoms with E-state index in [0.717, 1.165) is 34.9 Å². The second kappa shape index (κ2) is 5.61. The van der Waals surface area contributed by atoms with Gasteiger partial charge in [0.05, 0.1) is 0 Å². The summed E-state index contributed by atoms with van der Waals surface area (Å²) in [6, 6.07) is 1.92. The first-order chi connectivity index (χ1) is 8.61. The molecule has 0 saturated carbocycles. The van der Waals surface area contributed by atoms with E-state index in [2.05, 4.69) is 51.7 Å². The summed E-state index contributed by atoms with van der Waals surface area (Å²) in [5.74, 6) is 3.06. The van der Waals surface area contributed by atoms with Crippen molar-refractivity contribution in [3.8, 4) is 5.82 Å². The molecule has 0 saturated heterocycles. The molecule has 0 unspecified atom stereocenters. The highest BCUT2D eigenvalue weighted by Crippen LogP contribution is 2.18. The highest BCUT2D eigenvalue weighted by molar-refractivity contribution is 9.10. The van der Waals surface area contributed by atoms with Gasteiger partial charge >= 0.3 is 0 Å². The zero-order valence-corrected chi connectivity index (χ0v) is 12.5. The zero-order valence-electron chi connectivity index (χ0n) is 10.9. The largest absolute Gasteiger partial charge is 0.288 e. The van der Waals surface area contributed by atoms with E-state index >= 15 is 0 Å². The van der Waals surface area contributed by atoms with Crippen LogP contribution in [-0.4, -0.2) is 19.5 Å². The quantitative estimate of drug-likeness (QED) is 0.812. The second-order valence-electron chi connectivity index (χ2n) is 4.53. The molecule has 0 radical (unpaired) electrons. The molecule has 2 aromatic rings. The molecule has 96 valence electrons. The minimum absolute atomic E-state index is 0.305. The van der Waals surface area contributed by atoms with E-state index in [-0.39, 0.29) is 0 Å². The summed E-state index contributed by atoms with van der Waals surface area (Å²) in [5.41, 5.74) is 0. The van der Waals surface area contributed by atoms with E-state index in [1.807, 2.05) is 23.0 Å². The van der Waals surface area contributed by atoms with E-state index < -0.39 is 0 Å². The Morgan fingerprint density at radius 1 is 1.33 bits per heavy atom. The first-order valence-electron chi connectivity index (χ1n) is 6.19. The lowest BCUT2D eigenvalue weighted by Crippen LogP contribution is -2.07. The van der Waals surface area contributed by atoms with Crippen molar-refractivity contribution in [1.82, 2.24) is 19.5 Å². The summed E-state index contributed by atoms with van der Waals surface area (Å²) >= 11 is 3.45. The third kappa shape index (κ3) is 2.77. The van der Waals surface area contributed by atoms with Gasteiger partial charge in [0, 0.05) is 30.8 Å². The van der Waals surface area contributed by atoms with E-state index in [9.17, 15) is 0 Å². The molecule has 5 heteroatoms. The van der Waals surface area contributed by atoms with Gasteiger partial charge in [0.25, 0.3) is 0 Å². The highest BCUT2D eigenvalue weighted by atomic mass is 79.9. The van der Waals surface area contributed by atoms with E-state index in [0.29, 0.717) is 5.92 Å². The molecule has 0 bridgehead atoms. The standard InChI is InChI=1S/C13H17BrN4/c1-4-5-11-15-6-7-18(11)12-8-10(14)16-13(17-12)9(2)3/h6-9H,4-5H2,1-3H3. The van der Waals surface area contributed by atoms with Crippen LogP contribution >= 0.6 is 15.9 Å². The predicted octanol–water partition coefficient (Wildman–Crippen LogP) is 3.50. The minimum atomic E-state index is 0.305. The molecule has 0 aliphatic carbocycles. The molecule has 0 aliphatic heterocycles. The third-order valence-electron chi connectivity index (χ3n) is 2.65. The van der Waals surface area contributed by atoms with E-state index in [1.54, 1.807) is 0 Å². The van der Waals surface area contributed by atoms with E-state index in [1.165, 1.54) is 0 Å². The van der Waals surface area contributed by atoms with Crippen molar-refractivity contribution < 1.29 is 0 Å². The monoisotopic (exact) mass is 308 g/mol. The van der Waals surface area contributed by atoms with Crippen molar-refractivity contribution in [1.29, 1.82) is 0 Å². The van der Waals surface area contributed by atoms with Crippen LogP contribution in [0.1, 0.15) is 44.8 Å². The van der Waals surface area contributed by atoms with Crippen LogP contribution in [0, 0.1) is 0 Å². The summed E-state index contributed by atoms with van der Waals surface area (Å²) in [6.07, 6.45) is 5.78. The van der Waals surface area contributed by atoms with Crippen LogP contribution in [0.25, 0.3) is 5.82 Å². The summed E-state index contributed by atoms with van der Waals surface area (Å²) in [4.78, 5) is 13.4. The lowest BCUT2D eigenvalue weighted by Gasteiger charge is -2.10. The molecule has 2 heterocycles. The summed E-state index contributed by atoms with van der Waals surface area (Å²) in [6.45, 7) is 6.33. The van der Waals surface area contributed by atoms with Gasteiger partial charge in [0.15, 0.2) is 0 Å². The van der Waals surface area contributed by atoms with Crippen LogP contribution < -0.4 is 0 Å². The van der Waals surface area contributed by atoms with Crippen LogP contribution in [0.3, 0.4) is 0 Å². The molecule has 2 rings (SSSR count). The predicted molar refractivity (Wildman–Crippen MR) is 74.9 cm³/mol. The van der Waals surface area contributed by atoms with Crippen molar-refractivity contribution in [2.24, 2.45) is 0 Å². The lowest BCUT2D eigenvalue weighted by atomic mass is 10.2. The van der Waals surface area contributed by atoms with Gasteiger partial charge < -0.3 is 0 Å². The molecule has 4 nitrogen and oxygen atoms in total. The van der Waals surface area contributed by atoms with Gasteiger partial charge in [0.2, 0.25) is 0 Å². The zero-order chi connectivity index (χ0) is 13.1. The normalized spacial score (nSPS) is 11.2. The Kier molecular flexibility index (Phi) is 4.11. The third-order valence-corrected chi connectivity index (χ3v) is 3.06. The maximum Gasteiger partial charge on any atom is 0.142 e. The highest BCUT2D eigenvalue weighted by Gasteiger charge is 2.10. The van der Waals surface area contributed by atoms with Crippen molar-refractivity contribution in [3.05, 3.63) is 34.7 Å². The smallest absolute Gasteiger partial charge is 0.142 e. The average molecular weight is 309 g/mol. The van der Waals surface area contributed by atoms with Crippen molar-refractivity contribution in [2.75, 3.05) is 0 Å². The van der Waals surface area contributed by atoms with E-state index in [4.69, 9.17) is 0 Å². The topological polar surface area (TPSA) is 43.6 Å². The maximum atomic E-state index is 4.60. The average Bonchev–Trinajstić information content (AvgIpc) is 2.77. The fourth-order valence-electron chi connectivity index (χ4n) is 1.76. The first kappa shape index (κ1) is 13.2. The Morgan fingerprint density at radius 3 is 2.78 bits per heavy atom. The van der Waals surface area contributed by atoms with Gasteiger partial charge in [-0.1, -0.05) is 20.8 Å². The van der Waals surface area contributed by atoms with Gasteiger partial charge in [-0.25, -0.2) is 15.0 Å². The number of nitrogens with zero attached hydrogens (tertiary/aromatic N) is 4. The number of hydrogen-bond donors (Lipinski definition) is 0. The Balaban J connectivity index is 2.46. The molecule has 0 aromatic carbocycles. The molecule has 2 aromatic heterocycles. The Labute approximate surface area is 116 Å². The number of rotatable bonds is 4. The van der Waals surface area contributed by atoms with Gasteiger partial charge in [-0.15, -0.1) is 0 Å². The maximum absolute atomic E-state index is 4.60. The fraction of sp³-hybridized carbons (Fsp3) is 0.462. The number of imidazole rings is 1. The fourth-order valence-corrected chi connectivity index (χ4v) is 2.14. The van der Waals surface area contributed by atoms with Gasteiger partial charge in [0.1, 0.15) is 22.1 Å². The van der Waals surface area contributed by atoms with Crippen molar-refractivity contribution in [2.45, 2.75) is 39.5 Å². The van der Waals surface area contributed by atoms with Crippen LogP contribution in [0.15, 0.2) is 23.1 Å². The number of hydrogen-bond acceptors (Lipinski definition) is 3. The first-order valence-corrected chi connectivity index (χ1v) is 6.98. The summed E-state index contributed by atoms with van der Waals surface area (Å²) in [5, 5.41) is 0. The van der Waals surface area contributed by atoms with Gasteiger partial charge in [-0.2, -0.15) is 0 Å². The van der Waals surface area contributed by atoms with Crippen LogP contribution in [0.4, 0.5) is 0 Å². The molecule has 0 atom stereocenters. The molecular formula is C13H17BrN4. The van der Waals surface area contributed by atoms with Crippen LogP contribution in [-0.2, 0) is 6.42 Å². The Morgan fingerprint density at radius 2 is 2.11 bits per heavy atom. The van der Waals surface area contributed by atoms with Crippen LogP contribution in [0.2, 0.25) is 0 Å². The molecule has 18 heavy (non-hydrogen) atoms. The lowest BCUT2D eigenvalue weighted by molar-refractivity contribution is 0.741. The Hall–Kier alpha value is -1.23. The number of aromatic nitrogens is 4. The number of aryl methyl sites for hydroxylation is 1. The van der Waals surface area contributed by atoms with Gasteiger partial charge in [-0.05, 0) is 22.4 Å². The van der Waals surface area contributed by atoms with Crippen molar-refractivity contribution >= 4 is 15.9 Å². The number of halogens is 1. The Bertz CT molecular complexity index is 534.